The molecule has 0 saturated carbocycles. The zero-order valence-corrected chi connectivity index (χ0v) is 9.31. The Morgan fingerprint density at radius 1 is 1.38 bits per heavy atom. The molecule has 0 aliphatic heterocycles. The van der Waals surface area contributed by atoms with Gasteiger partial charge in [0.15, 0.2) is 0 Å². The van der Waals surface area contributed by atoms with Crippen LogP contribution < -0.4 is 5.73 Å². The van der Waals surface area contributed by atoms with Crippen LogP contribution in [0.25, 0.3) is 0 Å². The summed E-state index contributed by atoms with van der Waals surface area (Å²) >= 11 is 0. The molecule has 1 heterocycles. The van der Waals surface area contributed by atoms with E-state index >= 15 is 0 Å². The third kappa shape index (κ3) is 1.84. The van der Waals surface area contributed by atoms with Crippen LogP contribution >= 0.6 is 0 Å². The molecular formula is C12H14FN3. The fourth-order valence-electron chi connectivity index (χ4n) is 1.72. The summed E-state index contributed by atoms with van der Waals surface area (Å²) in [4.78, 5) is 0. The van der Waals surface area contributed by atoms with Gasteiger partial charge in [-0.2, -0.15) is 5.10 Å². The number of hydrogen-bond donors (Lipinski definition) is 1. The van der Waals surface area contributed by atoms with Gasteiger partial charge in [-0.05, 0) is 30.2 Å². The minimum Gasteiger partial charge on any atom is -0.319 e. The van der Waals surface area contributed by atoms with Gasteiger partial charge in [0.25, 0.3) is 0 Å². The molecule has 2 aromatic rings. The summed E-state index contributed by atoms with van der Waals surface area (Å²) < 4.78 is 14.9. The van der Waals surface area contributed by atoms with Gasteiger partial charge in [0, 0.05) is 13.2 Å². The summed E-state index contributed by atoms with van der Waals surface area (Å²) in [5, 5.41) is 4.07. The van der Waals surface area contributed by atoms with E-state index in [0.717, 1.165) is 11.3 Å². The lowest BCUT2D eigenvalue weighted by atomic mass is 10.0. The zero-order chi connectivity index (χ0) is 11.7. The van der Waals surface area contributed by atoms with E-state index in [1.165, 1.54) is 6.07 Å². The molecule has 16 heavy (non-hydrogen) atoms. The van der Waals surface area contributed by atoms with Crippen molar-refractivity contribution in [2.24, 2.45) is 12.8 Å². The van der Waals surface area contributed by atoms with Crippen LogP contribution in [-0.2, 0) is 7.05 Å². The van der Waals surface area contributed by atoms with Gasteiger partial charge in [-0.25, -0.2) is 4.39 Å². The number of aryl methyl sites for hydroxylation is 2. The lowest BCUT2D eigenvalue weighted by molar-refractivity contribution is 0.615. The Labute approximate surface area is 93.7 Å². The van der Waals surface area contributed by atoms with Crippen molar-refractivity contribution >= 4 is 0 Å². The summed E-state index contributed by atoms with van der Waals surface area (Å²) in [6.45, 7) is 1.73. The van der Waals surface area contributed by atoms with Crippen LogP contribution in [0.3, 0.4) is 0 Å². The van der Waals surface area contributed by atoms with Crippen LogP contribution in [-0.4, -0.2) is 9.78 Å². The molecule has 0 aliphatic carbocycles. The molecule has 0 bridgehead atoms. The molecule has 1 atom stereocenters. The predicted octanol–water partition coefficient (Wildman–Crippen LogP) is 1.92. The van der Waals surface area contributed by atoms with Gasteiger partial charge in [0.1, 0.15) is 5.82 Å². The number of rotatable bonds is 2. The van der Waals surface area contributed by atoms with Crippen molar-refractivity contribution in [2.75, 3.05) is 0 Å². The van der Waals surface area contributed by atoms with Crippen molar-refractivity contribution < 1.29 is 4.39 Å². The second-order valence-corrected chi connectivity index (χ2v) is 3.87. The monoisotopic (exact) mass is 219 g/mol. The molecule has 84 valence electrons. The summed E-state index contributed by atoms with van der Waals surface area (Å²) in [6.07, 6.45) is 1.70. The van der Waals surface area contributed by atoms with Crippen LogP contribution in [0.4, 0.5) is 4.39 Å². The van der Waals surface area contributed by atoms with E-state index in [-0.39, 0.29) is 11.9 Å². The Kier molecular flexibility index (Phi) is 2.75. The third-order valence-corrected chi connectivity index (χ3v) is 2.72. The van der Waals surface area contributed by atoms with Crippen molar-refractivity contribution in [3.8, 4) is 0 Å². The van der Waals surface area contributed by atoms with Crippen LogP contribution in [0.15, 0.2) is 30.5 Å². The molecule has 0 aliphatic rings. The van der Waals surface area contributed by atoms with E-state index < -0.39 is 0 Å². The Balaban J connectivity index is 2.38. The van der Waals surface area contributed by atoms with Gasteiger partial charge in [0.05, 0.1) is 11.7 Å². The number of benzene rings is 1. The Morgan fingerprint density at radius 2 is 2.12 bits per heavy atom. The van der Waals surface area contributed by atoms with Gasteiger partial charge in [-0.15, -0.1) is 0 Å². The second-order valence-electron chi connectivity index (χ2n) is 3.87. The first-order valence-corrected chi connectivity index (χ1v) is 5.09. The normalized spacial score (nSPS) is 12.8. The van der Waals surface area contributed by atoms with Crippen LogP contribution in [0.1, 0.15) is 22.9 Å². The van der Waals surface area contributed by atoms with Crippen molar-refractivity contribution in [2.45, 2.75) is 13.0 Å². The fourth-order valence-corrected chi connectivity index (χ4v) is 1.72. The average Bonchev–Trinajstić information content (AvgIpc) is 2.67. The molecule has 0 radical (unpaired) electrons. The fraction of sp³-hybridized carbons (Fsp3) is 0.250. The largest absolute Gasteiger partial charge is 0.319 e. The molecule has 1 unspecified atom stereocenters. The van der Waals surface area contributed by atoms with Crippen molar-refractivity contribution in [3.63, 3.8) is 0 Å². The molecule has 1 aromatic heterocycles. The number of hydrogen-bond acceptors (Lipinski definition) is 2. The highest BCUT2D eigenvalue weighted by molar-refractivity contribution is 5.31. The van der Waals surface area contributed by atoms with Crippen molar-refractivity contribution in [1.29, 1.82) is 0 Å². The minimum absolute atomic E-state index is 0.207. The first-order valence-electron chi connectivity index (χ1n) is 5.09. The van der Waals surface area contributed by atoms with Gasteiger partial charge in [-0.1, -0.05) is 12.1 Å². The molecule has 1 aromatic carbocycles. The number of halogens is 1. The highest BCUT2D eigenvalue weighted by Crippen LogP contribution is 2.20. The molecule has 2 N–H and O–H groups in total. The van der Waals surface area contributed by atoms with Gasteiger partial charge in [0.2, 0.25) is 0 Å². The smallest absolute Gasteiger partial charge is 0.126 e. The van der Waals surface area contributed by atoms with Crippen molar-refractivity contribution in [1.82, 2.24) is 9.78 Å². The maximum absolute atomic E-state index is 13.1. The molecule has 0 fully saturated rings. The van der Waals surface area contributed by atoms with E-state index in [9.17, 15) is 4.39 Å². The molecule has 0 saturated heterocycles. The highest BCUT2D eigenvalue weighted by Gasteiger charge is 2.13. The molecule has 2 rings (SSSR count). The number of aromatic nitrogens is 2. The van der Waals surface area contributed by atoms with Gasteiger partial charge >= 0.3 is 0 Å². The van der Waals surface area contributed by atoms with Gasteiger partial charge < -0.3 is 5.73 Å². The van der Waals surface area contributed by atoms with Crippen LogP contribution in [0, 0.1) is 12.7 Å². The van der Waals surface area contributed by atoms with E-state index in [1.807, 2.05) is 13.1 Å². The summed E-state index contributed by atoms with van der Waals surface area (Å²) in [5.74, 6) is -0.207. The van der Waals surface area contributed by atoms with Crippen molar-refractivity contribution in [3.05, 3.63) is 53.1 Å². The molecule has 0 amide bonds. The second kappa shape index (κ2) is 4.06. The Morgan fingerprint density at radius 3 is 2.69 bits per heavy atom. The molecule has 3 nitrogen and oxygen atoms in total. The molecule has 0 spiro atoms. The Bertz CT molecular complexity index is 505. The zero-order valence-electron chi connectivity index (χ0n) is 9.31. The topological polar surface area (TPSA) is 43.8 Å². The summed E-state index contributed by atoms with van der Waals surface area (Å²) in [6, 6.07) is 6.52. The summed E-state index contributed by atoms with van der Waals surface area (Å²) in [7, 11) is 1.84. The van der Waals surface area contributed by atoms with Gasteiger partial charge in [-0.3, -0.25) is 4.68 Å². The standard InChI is InChI=1S/C12H14FN3/c1-8-7-9(3-4-10(8)13)12(14)11-5-6-15-16(11)2/h3-7,12H,14H2,1-2H3. The van der Waals surface area contributed by atoms with E-state index in [2.05, 4.69) is 5.10 Å². The lowest BCUT2D eigenvalue weighted by Crippen LogP contribution is -2.16. The van der Waals surface area contributed by atoms with E-state index in [1.54, 1.807) is 29.9 Å². The number of nitrogens with zero attached hydrogens (tertiary/aromatic N) is 2. The van der Waals surface area contributed by atoms with Crippen LogP contribution in [0.5, 0.6) is 0 Å². The maximum atomic E-state index is 13.1. The SMILES string of the molecule is Cc1cc(C(N)c2ccnn2C)ccc1F. The average molecular weight is 219 g/mol. The molecule has 4 heteroatoms. The number of nitrogens with two attached hydrogens (primary N) is 1. The Hall–Kier alpha value is -1.68. The maximum Gasteiger partial charge on any atom is 0.126 e. The van der Waals surface area contributed by atoms with E-state index in [4.69, 9.17) is 5.73 Å². The minimum atomic E-state index is -0.271. The summed E-state index contributed by atoms with van der Waals surface area (Å²) in [5.41, 5.74) is 8.50. The highest BCUT2D eigenvalue weighted by atomic mass is 19.1. The first-order chi connectivity index (χ1) is 7.59. The lowest BCUT2D eigenvalue weighted by Gasteiger charge is -2.13. The first kappa shape index (κ1) is 10.8. The molecular weight excluding hydrogens is 205 g/mol. The predicted molar refractivity (Wildman–Crippen MR) is 60.4 cm³/mol. The van der Waals surface area contributed by atoms with E-state index in [0.29, 0.717) is 5.56 Å². The third-order valence-electron chi connectivity index (χ3n) is 2.72. The quantitative estimate of drug-likeness (QED) is 0.838. The van der Waals surface area contributed by atoms with Crippen LogP contribution in [0.2, 0.25) is 0 Å².